The van der Waals surface area contributed by atoms with Crippen molar-refractivity contribution in [2.24, 2.45) is 12.8 Å². The van der Waals surface area contributed by atoms with Crippen LogP contribution in [-0.2, 0) is 7.05 Å². The number of aryl methyl sites for hydroxylation is 1. The molecule has 90 valence electrons. The minimum Gasteiger partial charge on any atom is -0.506 e. The number of aromatic nitrogens is 1. The molecule has 0 saturated carbocycles. The Bertz CT molecular complexity index is 572. The van der Waals surface area contributed by atoms with Gasteiger partial charge in [0.1, 0.15) is 5.75 Å². The summed E-state index contributed by atoms with van der Waals surface area (Å²) in [6.45, 7) is 1.88. The first-order valence-electron chi connectivity index (χ1n) is 5.63. The summed E-state index contributed by atoms with van der Waals surface area (Å²) < 4.78 is 1.70. The van der Waals surface area contributed by atoms with E-state index in [1.807, 2.05) is 13.0 Å². The van der Waals surface area contributed by atoms with Crippen molar-refractivity contribution in [3.8, 4) is 5.75 Å². The molecule has 0 aliphatic rings. The second-order valence-corrected chi connectivity index (χ2v) is 4.18. The molecule has 2 rings (SSSR count). The molecule has 0 spiro atoms. The van der Waals surface area contributed by atoms with Crippen LogP contribution in [0.5, 0.6) is 5.75 Å². The molecule has 4 nitrogen and oxygen atoms in total. The van der Waals surface area contributed by atoms with E-state index in [1.54, 1.807) is 29.8 Å². The number of para-hydroxylation sites is 1. The Morgan fingerprint density at radius 3 is 2.82 bits per heavy atom. The van der Waals surface area contributed by atoms with Gasteiger partial charge in [-0.25, -0.2) is 0 Å². The Balaban J connectivity index is 2.61. The van der Waals surface area contributed by atoms with Crippen molar-refractivity contribution in [2.45, 2.75) is 19.4 Å². The molecule has 0 saturated heterocycles. The second kappa shape index (κ2) is 4.22. The quantitative estimate of drug-likeness (QED) is 0.793. The number of Topliss-reactive ketones (excluding diaryl/α,β-unsaturated/α-hetero) is 1. The number of nitrogens with two attached hydrogens (primary N) is 1. The average Bonchev–Trinajstić information content (AvgIpc) is 2.66. The predicted octanol–water partition coefficient (Wildman–Crippen LogP) is 1.80. The van der Waals surface area contributed by atoms with Gasteiger partial charge in [0.05, 0.1) is 17.3 Å². The van der Waals surface area contributed by atoms with E-state index in [0.29, 0.717) is 17.6 Å². The van der Waals surface area contributed by atoms with Crippen molar-refractivity contribution in [3.63, 3.8) is 0 Å². The molecule has 0 amide bonds. The highest BCUT2D eigenvalue weighted by molar-refractivity contribution is 6.03. The summed E-state index contributed by atoms with van der Waals surface area (Å²) in [4.78, 5) is 12.0. The fraction of sp³-hybridized carbons (Fsp3) is 0.308. The van der Waals surface area contributed by atoms with Gasteiger partial charge >= 0.3 is 0 Å². The van der Waals surface area contributed by atoms with Crippen LogP contribution in [0.15, 0.2) is 24.3 Å². The van der Waals surface area contributed by atoms with Crippen LogP contribution < -0.4 is 5.73 Å². The summed E-state index contributed by atoms with van der Waals surface area (Å²) in [5.41, 5.74) is 6.96. The molecule has 1 heterocycles. The van der Waals surface area contributed by atoms with Crippen LogP contribution in [0.3, 0.4) is 0 Å². The van der Waals surface area contributed by atoms with Crippen LogP contribution in [0.4, 0.5) is 0 Å². The maximum Gasteiger partial charge on any atom is 0.195 e. The molecule has 3 N–H and O–H groups in total. The summed E-state index contributed by atoms with van der Waals surface area (Å²) >= 11 is 0. The predicted molar refractivity (Wildman–Crippen MR) is 67.2 cm³/mol. The van der Waals surface area contributed by atoms with Gasteiger partial charge in [-0.3, -0.25) is 4.79 Å². The molecule has 4 heteroatoms. The maximum atomic E-state index is 12.0. The van der Waals surface area contributed by atoms with Gasteiger partial charge in [0.15, 0.2) is 5.78 Å². The van der Waals surface area contributed by atoms with Crippen LogP contribution in [0.25, 0.3) is 10.9 Å². The van der Waals surface area contributed by atoms with E-state index in [1.165, 1.54) is 0 Å². The van der Waals surface area contributed by atoms with Gasteiger partial charge in [0.2, 0.25) is 0 Å². The van der Waals surface area contributed by atoms with E-state index in [9.17, 15) is 9.90 Å². The van der Waals surface area contributed by atoms with Gasteiger partial charge < -0.3 is 15.4 Å². The van der Waals surface area contributed by atoms with E-state index in [-0.39, 0.29) is 11.5 Å². The lowest BCUT2D eigenvalue weighted by Crippen LogP contribution is -2.30. The summed E-state index contributed by atoms with van der Waals surface area (Å²) in [6.07, 6.45) is 0.604. The molecule has 1 aromatic carbocycles. The molecule has 0 fully saturated rings. The van der Waals surface area contributed by atoms with Crippen molar-refractivity contribution >= 4 is 16.7 Å². The normalized spacial score (nSPS) is 12.9. The standard InChI is InChI=1S/C13H16N2O2/c1-3-9(14)13(17)10-7-8-5-4-6-11(16)12(8)15(10)2/h4-7,9,16H,3,14H2,1-2H3. The molecule has 0 aliphatic carbocycles. The molecular weight excluding hydrogens is 216 g/mol. The summed E-state index contributed by atoms with van der Waals surface area (Å²) in [5.74, 6) is 0.0831. The molecule has 1 atom stereocenters. The fourth-order valence-electron chi connectivity index (χ4n) is 2.01. The minimum absolute atomic E-state index is 0.0920. The summed E-state index contributed by atoms with van der Waals surface area (Å²) in [6, 6.07) is 6.51. The zero-order valence-electron chi connectivity index (χ0n) is 9.97. The lowest BCUT2D eigenvalue weighted by atomic mass is 10.1. The molecule has 1 unspecified atom stereocenters. The lowest BCUT2D eigenvalue weighted by molar-refractivity contribution is 0.0952. The Labute approximate surface area is 99.7 Å². The number of rotatable bonds is 3. The van der Waals surface area contributed by atoms with Crippen molar-refractivity contribution in [3.05, 3.63) is 30.0 Å². The number of nitrogens with zero attached hydrogens (tertiary/aromatic N) is 1. The monoisotopic (exact) mass is 232 g/mol. The van der Waals surface area contributed by atoms with Crippen molar-refractivity contribution in [2.75, 3.05) is 0 Å². The first kappa shape index (κ1) is 11.7. The number of fused-ring (bicyclic) bond motifs is 1. The molecule has 0 bridgehead atoms. The smallest absolute Gasteiger partial charge is 0.195 e. The van der Waals surface area contributed by atoms with Gasteiger partial charge in [-0.1, -0.05) is 19.1 Å². The van der Waals surface area contributed by atoms with Crippen molar-refractivity contribution in [1.29, 1.82) is 0 Å². The van der Waals surface area contributed by atoms with Crippen molar-refractivity contribution in [1.82, 2.24) is 4.57 Å². The first-order chi connectivity index (χ1) is 8.06. The van der Waals surface area contributed by atoms with E-state index >= 15 is 0 Å². The number of phenols is 1. The number of hydrogen-bond acceptors (Lipinski definition) is 3. The third-order valence-electron chi connectivity index (χ3n) is 3.06. The minimum atomic E-state index is -0.486. The largest absolute Gasteiger partial charge is 0.506 e. The third kappa shape index (κ3) is 1.80. The SMILES string of the molecule is CCC(N)C(=O)c1cc2cccc(O)c2n1C. The van der Waals surface area contributed by atoms with Crippen LogP contribution in [0, 0.1) is 0 Å². The lowest BCUT2D eigenvalue weighted by Gasteiger charge is -2.08. The maximum absolute atomic E-state index is 12.0. The number of ketones is 1. The van der Waals surface area contributed by atoms with Crippen LogP contribution in [0.2, 0.25) is 0 Å². The molecule has 1 aromatic heterocycles. The Morgan fingerprint density at radius 2 is 2.24 bits per heavy atom. The van der Waals surface area contributed by atoms with E-state index in [4.69, 9.17) is 5.73 Å². The number of benzene rings is 1. The topological polar surface area (TPSA) is 68.2 Å². The molecular formula is C13H16N2O2. The number of hydrogen-bond donors (Lipinski definition) is 2. The average molecular weight is 232 g/mol. The third-order valence-corrected chi connectivity index (χ3v) is 3.06. The van der Waals surface area contributed by atoms with Gasteiger partial charge in [-0.2, -0.15) is 0 Å². The van der Waals surface area contributed by atoms with Gasteiger partial charge in [-0.15, -0.1) is 0 Å². The van der Waals surface area contributed by atoms with Gasteiger partial charge in [-0.05, 0) is 18.6 Å². The van der Waals surface area contributed by atoms with Gasteiger partial charge in [0.25, 0.3) is 0 Å². The van der Waals surface area contributed by atoms with Crippen LogP contribution in [-0.4, -0.2) is 21.5 Å². The Morgan fingerprint density at radius 1 is 1.53 bits per heavy atom. The molecule has 17 heavy (non-hydrogen) atoms. The highest BCUT2D eigenvalue weighted by Gasteiger charge is 2.19. The summed E-state index contributed by atoms with van der Waals surface area (Å²) in [7, 11) is 1.76. The Hall–Kier alpha value is -1.81. The van der Waals surface area contributed by atoms with E-state index in [0.717, 1.165) is 5.39 Å². The highest BCUT2D eigenvalue weighted by Crippen LogP contribution is 2.27. The second-order valence-electron chi connectivity index (χ2n) is 4.18. The van der Waals surface area contributed by atoms with Crippen LogP contribution in [0.1, 0.15) is 23.8 Å². The van der Waals surface area contributed by atoms with Crippen molar-refractivity contribution < 1.29 is 9.90 Å². The zero-order valence-corrected chi connectivity index (χ0v) is 9.97. The van der Waals surface area contributed by atoms with E-state index < -0.39 is 6.04 Å². The Kier molecular flexibility index (Phi) is 2.90. The van der Waals surface area contributed by atoms with Gasteiger partial charge in [0, 0.05) is 12.4 Å². The number of phenolic OH excluding ortho intramolecular Hbond substituents is 1. The summed E-state index contributed by atoms with van der Waals surface area (Å²) in [5, 5.41) is 10.6. The number of carbonyl (C=O) groups excluding carboxylic acids is 1. The molecule has 0 aliphatic heterocycles. The highest BCUT2D eigenvalue weighted by atomic mass is 16.3. The molecule has 0 radical (unpaired) electrons. The fourth-order valence-corrected chi connectivity index (χ4v) is 2.01. The number of aromatic hydroxyl groups is 1. The molecule has 2 aromatic rings. The van der Waals surface area contributed by atoms with Crippen LogP contribution >= 0.6 is 0 Å². The number of carbonyl (C=O) groups is 1. The van der Waals surface area contributed by atoms with E-state index in [2.05, 4.69) is 0 Å². The first-order valence-corrected chi connectivity index (χ1v) is 5.63. The zero-order chi connectivity index (χ0) is 12.6.